The molecule has 3 fully saturated rings. The van der Waals surface area contributed by atoms with Gasteiger partial charge in [-0.3, -0.25) is 34.6 Å². The molecule has 0 spiro atoms. The summed E-state index contributed by atoms with van der Waals surface area (Å²) in [6, 6.07) is 14.7. The number of aromatic nitrogens is 4. The number of hydrogen-bond acceptors (Lipinski definition) is 12. The van der Waals surface area contributed by atoms with Gasteiger partial charge in [-0.2, -0.15) is 10.1 Å². The number of nitrogens with zero attached hydrogens (tertiary/aromatic N) is 9. The fourth-order valence-corrected chi connectivity index (χ4v) is 9.09. The molecule has 5 aliphatic heterocycles. The third-order valence-electron chi connectivity index (χ3n) is 12.3. The number of rotatable bonds is 4. The Hall–Kier alpha value is -5.83. The molecule has 15 nitrogen and oxygen atoms in total. The Balaban J connectivity index is 0.851. The molecule has 2 bridgehead atoms. The van der Waals surface area contributed by atoms with Crippen LogP contribution in [-0.4, -0.2) is 107 Å². The molecule has 0 saturated carbocycles. The number of carbonyl (C=O) groups excluding carboxylic acids is 3. The normalized spacial score (nSPS) is 23.1. The van der Waals surface area contributed by atoms with E-state index < -0.39 is 0 Å². The van der Waals surface area contributed by atoms with Crippen molar-refractivity contribution in [2.75, 3.05) is 72.4 Å². The number of anilines is 4. The standard InChI is InChI=1S/C43H51N11O4/c1-27-5-4-20-58-42-34(25-45-50(42)3)37-22-29(21-28(2)46-37)40(56)49-43-47-36-10-6-31(23-38(36)54(43)26-27)53-18-16-52(17-19-53)30-12-14-51(15-13-30)32-7-9-35(44-24-32)33-8-11-39(55)48-41(33)57/h6-7,9-10,21-25,27,30,33H,4-5,8,11-20,26H2,1-3H3,(H,47,49,56)(H,48,55,57)/t27-,33?/m1/s1. The topological polar surface area (TPSA) is 153 Å². The average Bonchev–Trinajstić information content (AvgIpc) is 3.77. The van der Waals surface area contributed by atoms with Gasteiger partial charge in [0.25, 0.3) is 5.91 Å². The van der Waals surface area contributed by atoms with Gasteiger partial charge in [-0.05, 0) is 87.4 Å². The van der Waals surface area contributed by atoms with Crippen LogP contribution in [0, 0.1) is 12.8 Å². The summed E-state index contributed by atoms with van der Waals surface area (Å²) < 4.78 is 7.98. The summed E-state index contributed by atoms with van der Waals surface area (Å²) in [7, 11) is 1.86. The van der Waals surface area contributed by atoms with Gasteiger partial charge in [0.15, 0.2) is 0 Å². The first-order valence-corrected chi connectivity index (χ1v) is 20.7. The molecule has 15 heteroatoms. The molecule has 9 rings (SSSR count). The Morgan fingerprint density at radius 3 is 2.41 bits per heavy atom. The number of carbonyl (C=O) groups is 3. The minimum absolute atomic E-state index is 0.208. The van der Waals surface area contributed by atoms with Crippen LogP contribution in [0.5, 0.6) is 5.88 Å². The fraction of sp³-hybridized carbons (Fsp3) is 0.465. The van der Waals surface area contributed by atoms with E-state index in [0.29, 0.717) is 61.0 Å². The zero-order valence-electron chi connectivity index (χ0n) is 33.5. The van der Waals surface area contributed by atoms with Gasteiger partial charge in [-0.25, -0.2) is 4.68 Å². The van der Waals surface area contributed by atoms with Crippen LogP contribution < -0.4 is 30.1 Å². The van der Waals surface area contributed by atoms with Crippen LogP contribution in [0.15, 0.2) is 59.9 Å². The van der Waals surface area contributed by atoms with Gasteiger partial charge < -0.3 is 24.8 Å². The minimum atomic E-state index is -0.363. The number of amides is 3. The second kappa shape index (κ2) is 15.8. The van der Waals surface area contributed by atoms with E-state index in [0.717, 1.165) is 99.0 Å². The highest BCUT2D eigenvalue weighted by Crippen LogP contribution is 2.38. The molecule has 5 aliphatic rings. The summed E-state index contributed by atoms with van der Waals surface area (Å²) in [6.07, 6.45) is 8.47. The lowest BCUT2D eigenvalue weighted by Crippen LogP contribution is -2.53. The molecule has 0 radical (unpaired) electrons. The van der Waals surface area contributed by atoms with Crippen LogP contribution in [0.2, 0.25) is 0 Å². The molecular weight excluding hydrogens is 735 g/mol. The Labute approximate surface area is 338 Å². The van der Waals surface area contributed by atoms with Gasteiger partial charge in [0.05, 0.1) is 58.9 Å². The van der Waals surface area contributed by atoms with E-state index in [1.165, 1.54) is 5.69 Å². The number of ether oxygens (including phenoxy) is 1. The average molecular weight is 786 g/mol. The molecule has 3 aromatic heterocycles. The van der Waals surface area contributed by atoms with Crippen molar-refractivity contribution in [3.63, 3.8) is 0 Å². The third kappa shape index (κ3) is 7.62. The van der Waals surface area contributed by atoms with Gasteiger partial charge in [0.1, 0.15) is 0 Å². The van der Waals surface area contributed by atoms with Crippen molar-refractivity contribution in [3.05, 3.63) is 71.8 Å². The number of piperazine rings is 1. The number of pyridine rings is 2. The number of nitrogens with one attached hydrogen (secondary N) is 2. The largest absolute Gasteiger partial charge is 0.477 e. The van der Waals surface area contributed by atoms with Crippen molar-refractivity contribution in [2.45, 2.75) is 64.3 Å². The maximum Gasteiger partial charge on any atom is 0.280 e. The van der Waals surface area contributed by atoms with Crippen LogP contribution in [0.25, 0.3) is 11.3 Å². The summed E-state index contributed by atoms with van der Waals surface area (Å²) in [5.41, 5.74) is 7.54. The van der Waals surface area contributed by atoms with Gasteiger partial charge in [-0.1, -0.05) is 6.92 Å². The van der Waals surface area contributed by atoms with E-state index in [2.05, 4.69) is 71.5 Å². The van der Waals surface area contributed by atoms with E-state index in [1.807, 2.05) is 26.2 Å². The Bertz CT molecular complexity index is 2240. The Morgan fingerprint density at radius 1 is 0.845 bits per heavy atom. The van der Waals surface area contributed by atoms with Crippen molar-refractivity contribution in [3.8, 4) is 17.1 Å². The number of fused-ring (bicyclic) bond motifs is 7. The number of imide groups is 1. The Kier molecular flexibility index (Phi) is 10.3. The third-order valence-corrected chi connectivity index (χ3v) is 12.3. The maximum absolute atomic E-state index is 13.8. The van der Waals surface area contributed by atoms with E-state index in [1.54, 1.807) is 23.0 Å². The van der Waals surface area contributed by atoms with Gasteiger partial charge in [-0.15, -0.1) is 0 Å². The van der Waals surface area contributed by atoms with Crippen molar-refractivity contribution < 1.29 is 19.1 Å². The minimum Gasteiger partial charge on any atom is -0.477 e. The van der Waals surface area contributed by atoms with E-state index >= 15 is 0 Å². The Morgan fingerprint density at radius 2 is 1.64 bits per heavy atom. The molecule has 3 saturated heterocycles. The predicted octanol–water partition coefficient (Wildman–Crippen LogP) is 4.73. The molecule has 3 amide bonds. The summed E-state index contributed by atoms with van der Waals surface area (Å²) in [5.74, 6) is 0.347. The van der Waals surface area contributed by atoms with Crippen molar-refractivity contribution in [2.24, 2.45) is 18.0 Å². The van der Waals surface area contributed by atoms with Crippen molar-refractivity contribution in [1.29, 1.82) is 0 Å². The molecule has 2 atom stereocenters. The van der Waals surface area contributed by atoms with Gasteiger partial charge in [0.2, 0.25) is 23.7 Å². The first kappa shape index (κ1) is 37.7. The monoisotopic (exact) mass is 785 g/mol. The zero-order chi connectivity index (χ0) is 39.9. The second-order valence-corrected chi connectivity index (χ2v) is 16.3. The molecule has 4 aromatic rings. The number of aryl methyl sites for hydroxylation is 2. The molecule has 302 valence electrons. The van der Waals surface area contributed by atoms with Gasteiger partial charge >= 0.3 is 0 Å². The van der Waals surface area contributed by atoms with Crippen molar-refractivity contribution in [1.82, 2.24) is 30.0 Å². The smallest absolute Gasteiger partial charge is 0.280 e. The first-order chi connectivity index (χ1) is 28.2. The molecule has 8 heterocycles. The van der Waals surface area contributed by atoms with Crippen molar-refractivity contribution >= 4 is 46.4 Å². The summed E-state index contributed by atoms with van der Waals surface area (Å²) >= 11 is 0. The number of piperidine rings is 2. The van der Waals surface area contributed by atoms with Crippen LogP contribution in [0.1, 0.15) is 73.1 Å². The second-order valence-electron chi connectivity index (χ2n) is 16.3. The molecule has 58 heavy (non-hydrogen) atoms. The summed E-state index contributed by atoms with van der Waals surface area (Å²) in [6.45, 7) is 11.2. The number of hydrogen-bond donors (Lipinski definition) is 2. The lowest BCUT2D eigenvalue weighted by molar-refractivity contribution is -0.134. The highest BCUT2D eigenvalue weighted by Gasteiger charge is 2.33. The molecular formula is C43H51N11O4. The number of aliphatic imine (C=N–C) groups is 1. The molecule has 2 N–H and O–H groups in total. The molecule has 1 unspecified atom stereocenters. The summed E-state index contributed by atoms with van der Waals surface area (Å²) in [5, 5.41) is 10.3. The molecule has 1 aromatic carbocycles. The zero-order valence-corrected chi connectivity index (χ0v) is 33.5. The van der Waals surface area contributed by atoms with Gasteiger partial charge in [0, 0.05) is 82.3 Å². The van der Waals surface area contributed by atoms with Crippen LogP contribution in [-0.2, 0) is 16.6 Å². The van der Waals surface area contributed by atoms with E-state index in [-0.39, 0.29) is 23.6 Å². The van der Waals surface area contributed by atoms with E-state index in [9.17, 15) is 14.4 Å². The lowest BCUT2D eigenvalue weighted by atomic mass is 9.94. The van der Waals surface area contributed by atoms with Crippen LogP contribution in [0.3, 0.4) is 0 Å². The fourth-order valence-electron chi connectivity index (χ4n) is 9.09. The van der Waals surface area contributed by atoms with Crippen LogP contribution >= 0.6 is 0 Å². The van der Waals surface area contributed by atoms with E-state index in [4.69, 9.17) is 14.7 Å². The highest BCUT2D eigenvalue weighted by molar-refractivity contribution is 6.19. The quantitative estimate of drug-likeness (QED) is 0.275. The number of benzene rings is 1. The first-order valence-electron chi connectivity index (χ1n) is 20.7. The summed E-state index contributed by atoms with van der Waals surface area (Å²) in [4.78, 5) is 61.5. The number of guanidine groups is 1. The SMILES string of the molecule is Cc1cc2cc(n1)-c1cnn(C)c1OCCC[C@@H](C)CN1/C(=N/C2=O)Nc2ccc(N3CCN(C4CCN(c5ccc(C6CCC(=O)NC6=O)nc5)CC4)CC3)cc21. The van der Waals surface area contributed by atoms with Crippen LogP contribution in [0.4, 0.5) is 22.7 Å². The highest BCUT2D eigenvalue weighted by atomic mass is 16.5. The predicted molar refractivity (Wildman–Crippen MR) is 223 cm³/mol. The molecule has 0 aliphatic carbocycles. The maximum atomic E-state index is 13.8. The lowest BCUT2D eigenvalue weighted by Gasteiger charge is -2.44.